The number of halogens is 1. The van der Waals surface area contributed by atoms with Gasteiger partial charge in [0.2, 0.25) is 0 Å². The van der Waals surface area contributed by atoms with Crippen molar-refractivity contribution in [1.29, 1.82) is 0 Å². The Hall–Kier alpha value is -0.540. The molecule has 2 nitrogen and oxygen atoms in total. The number of rotatable bonds is 9. The number of nitrogens with one attached hydrogen (secondary N) is 1. The molecule has 3 heteroatoms. The maximum Gasteiger partial charge on any atom is 0.0377 e. The van der Waals surface area contributed by atoms with Gasteiger partial charge in [-0.3, -0.25) is 0 Å². The highest BCUT2D eigenvalue weighted by atomic mass is 79.9. The third-order valence-electron chi connectivity index (χ3n) is 3.68. The van der Waals surface area contributed by atoms with E-state index in [0.29, 0.717) is 6.04 Å². The SMILES string of the molecule is CCCCN(CC)c1ccc(C(C)NCCC)c(Br)c1. The summed E-state index contributed by atoms with van der Waals surface area (Å²) in [5, 5.41) is 3.54. The summed E-state index contributed by atoms with van der Waals surface area (Å²) in [6.07, 6.45) is 3.66. The summed E-state index contributed by atoms with van der Waals surface area (Å²) in [7, 11) is 0. The van der Waals surface area contributed by atoms with Gasteiger partial charge in [-0.25, -0.2) is 0 Å². The molecule has 0 radical (unpaired) electrons. The lowest BCUT2D eigenvalue weighted by Crippen LogP contribution is -2.24. The fraction of sp³-hybridized carbons (Fsp3) is 0.647. The van der Waals surface area contributed by atoms with Crippen LogP contribution in [-0.2, 0) is 0 Å². The Balaban J connectivity index is 2.80. The monoisotopic (exact) mass is 340 g/mol. The van der Waals surface area contributed by atoms with Crippen LogP contribution in [0.5, 0.6) is 0 Å². The third kappa shape index (κ3) is 5.10. The van der Waals surface area contributed by atoms with Gasteiger partial charge < -0.3 is 10.2 Å². The Bertz CT molecular complexity index is 393. The van der Waals surface area contributed by atoms with E-state index < -0.39 is 0 Å². The molecular weight excluding hydrogens is 312 g/mol. The van der Waals surface area contributed by atoms with Crippen LogP contribution in [0, 0.1) is 0 Å². The van der Waals surface area contributed by atoms with Crippen LogP contribution in [0.2, 0.25) is 0 Å². The van der Waals surface area contributed by atoms with Crippen molar-refractivity contribution in [2.24, 2.45) is 0 Å². The van der Waals surface area contributed by atoms with Gasteiger partial charge in [0, 0.05) is 29.3 Å². The van der Waals surface area contributed by atoms with Crippen LogP contribution in [0.1, 0.15) is 58.6 Å². The van der Waals surface area contributed by atoms with Crippen LogP contribution in [-0.4, -0.2) is 19.6 Å². The van der Waals surface area contributed by atoms with Gasteiger partial charge in [-0.15, -0.1) is 0 Å². The lowest BCUT2D eigenvalue weighted by Gasteiger charge is -2.24. The van der Waals surface area contributed by atoms with Gasteiger partial charge in [0.1, 0.15) is 0 Å². The maximum atomic E-state index is 3.74. The largest absolute Gasteiger partial charge is 0.372 e. The zero-order chi connectivity index (χ0) is 15.0. The topological polar surface area (TPSA) is 15.3 Å². The first-order valence-corrected chi connectivity index (χ1v) is 8.71. The normalized spacial score (nSPS) is 12.4. The highest BCUT2D eigenvalue weighted by Crippen LogP contribution is 2.28. The molecule has 1 rings (SSSR count). The van der Waals surface area contributed by atoms with Crippen LogP contribution in [0.3, 0.4) is 0 Å². The smallest absolute Gasteiger partial charge is 0.0377 e. The van der Waals surface area contributed by atoms with Crippen molar-refractivity contribution in [1.82, 2.24) is 5.32 Å². The summed E-state index contributed by atoms with van der Waals surface area (Å²) in [4.78, 5) is 2.45. The molecule has 0 spiro atoms. The maximum absolute atomic E-state index is 3.74. The fourth-order valence-electron chi connectivity index (χ4n) is 2.35. The van der Waals surface area contributed by atoms with E-state index in [-0.39, 0.29) is 0 Å². The molecule has 20 heavy (non-hydrogen) atoms. The lowest BCUT2D eigenvalue weighted by molar-refractivity contribution is 0.569. The number of benzene rings is 1. The molecule has 114 valence electrons. The Labute approximate surface area is 133 Å². The molecule has 1 N–H and O–H groups in total. The molecule has 1 atom stereocenters. The minimum absolute atomic E-state index is 0.393. The molecule has 0 amide bonds. The Morgan fingerprint density at radius 2 is 1.95 bits per heavy atom. The average molecular weight is 341 g/mol. The quantitative estimate of drug-likeness (QED) is 0.669. The van der Waals surface area contributed by atoms with Crippen LogP contribution in [0.4, 0.5) is 5.69 Å². The van der Waals surface area contributed by atoms with E-state index in [1.807, 2.05) is 0 Å². The van der Waals surface area contributed by atoms with E-state index in [2.05, 4.69) is 72.0 Å². The number of unbranched alkanes of at least 4 members (excludes halogenated alkanes) is 1. The van der Waals surface area contributed by atoms with E-state index in [4.69, 9.17) is 0 Å². The molecule has 1 aromatic rings. The fourth-order valence-corrected chi connectivity index (χ4v) is 3.06. The van der Waals surface area contributed by atoms with E-state index in [0.717, 1.165) is 19.6 Å². The standard InChI is InChI=1S/C17H29BrN2/c1-5-8-12-20(7-3)15-9-10-16(17(18)13-15)14(4)19-11-6-2/h9-10,13-14,19H,5-8,11-12H2,1-4H3. The zero-order valence-corrected chi connectivity index (χ0v) is 15.0. The van der Waals surface area contributed by atoms with E-state index in [1.165, 1.54) is 35.0 Å². The second kappa shape index (κ2) is 9.41. The first-order chi connectivity index (χ1) is 9.63. The van der Waals surface area contributed by atoms with Crippen molar-refractivity contribution >= 4 is 21.6 Å². The minimum Gasteiger partial charge on any atom is -0.372 e. The summed E-state index contributed by atoms with van der Waals surface area (Å²) in [5.41, 5.74) is 2.66. The molecule has 1 aromatic carbocycles. The van der Waals surface area contributed by atoms with Crippen molar-refractivity contribution < 1.29 is 0 Å². The predicted octanol–water partition coefficient (Wildman–Crippen LogP) is 5.14. The van der Waals surface area contributed by atoms with Crippen molar-refractivity contribution in [2.45, 2.75) is 53.0 Å². The van der Waals surface area contributed by atoms with Gasteiger partial charge in [0.05, 0.1) is 0 Å². The summed E-state index contributed by atoms with van der Waals surface area (Å²) >= 11 is 3.74. The number of nitrogens with zero attached hydrogens (tertiary/aromatic N) is 1. The van der Waals surface area contributed by atoms with Gasteiger partial charge >= 0.3 is 0 Å². The summed E-state index contributed by atoms with van der Waals surface area (Å²) < 4.78 is 1.21. The lowest BCUT2D eigenvalue weighted by atomic mass is 10.1. The van der Waals surface area contributed by atoms with Crippen molar-refractivity contribution in [3.8, 4) is 0 Å². The second-order valence-corrected chi connectivity index (χ2v) is 6.17. The summed E-state index contributed by atoms with van der Waals surface area (Å²) in [6, 6.07) is 7.16. The first kappa shape index (κ1) is 17.5. The molecule has 0 heterocycles. The second-order valence-electron chi connectivity index (χ2n) is 5.31. The Kier molecular flexibility index (Phi) is 8.24. The van der Waals surface area contributed by atoms with Gasteiger partial charge in [0.25, 0.3) is 0 Å². The molecule has 0 aliphatic rings. The predicted molar refractivity (Wildman–Crippen MR) is 93.6 cm³/mol. The molecule has 0 aromatic heterocycles. The van der Waals surface area contributed by atoms with Crippen molar-refractivity contribution in [3.63, 3.8) is 0 Å². The molecule has 1 unspecified atom stereocenters. The summed E-state index contributed by atoms with van der Waals surface area (Å²) in [6.45, 7) is 12.2. The zero-order valence-electron chi connectivity index (χ0n) is 13.4. The van der Waals surface area contributed by atoms with Gasteiger partial charge in [-0.2, -0.15) is 0 Å². The third-order valence-corrected chi connectivity index (χ3v) is 4.37. The van der Waals surface area contributed by atoms with E-state index >= 15 is 0 Å². The highest BCUT2D eigenvalue weighted by molar-refractivity contribution is 9.10. The van der Waals surface area contributed by atoms with E-state index in [1.54, 1.807) is 0 Å². The number of hydrogen-bond acceptors (Lipinski definition) is 2. The van der Waals surface area contributed by atoms with Crippen LogP contribution < -0.4 is 10.2 Å². The van der Waals surface area contributed by atoms with Crippen molar-refractivity contribution in [3.05, 3.63) is 28.2 Å². The minimum atomic E-state index is 0.393. The highest BCUT2D eigenvalue weighted by Gasteiger charge is 2.11. The molecule has 0 fully saturated rings. The molecule has 0 bridgehead atoms. The Morgan fingerprint density at radius 3 is 2.50 bits per heavy atom. The Morgan fingerprint density at radius 1 is 1.20 bits per heavy atom. The van der Waals surface area contributed by atoms with Gasteiger partial charge in [-0.1, -0.05) is 42.3 Å². The van der Waals surface area contributed by atoms with E-state index in [9.17, 15) is 0 Å². The number of anilines is 1. The molecule has 0 aliphatic heterocycles. The van der Waals surface area contributed by atoms with Gasteiger partial charge in [-0.05, 0) is 50.9 Å². The first-order valence-electron chi connectivity index (χ1n) is 7.91. The number of hydrogen-bond donors (Lipinski definition) is 1. The van der Waals surface area contributed by atoms with Crippen LogP contribution in [0.15, 0.2) is 22.7 Å². The van der Waals surface area contributed by atoms with Crippen LogP contribution >= 0.6 is 15.9 Å². The van der Waals surface area contributed by atoms with Crippen molar-refractivity contribution in [2.75, 3.05) is 24.5 Å². The molecular formula is C17H29BrN2. The molecule has 0 saturated carbocycles. The van der Waals surface area contributed by atoms with Crippen LogP contribution in [0.25, 0.3) is 0 Å². The molecule has 0 saturated heterocycles. The average Bonchev–Trinajstić information content (AvgIpc) is 2.45. The molecule has 0 aliphatic carbocycles. The summed E-state index contributed by atoms with van der Waals surface area (Å²) in [5.74, 6) is 0. The van der Waals surface area contributed by atoms with Gasteiger partial charge in [0.15, 0.2) is 0 Å².